The van der Waals surface area contributed by atoms with E-state index in [1.807, 2.05) is 45.0 Å². The first kappa shape index (κ1) is 24.8. The van der Waals surface area contributed by atoms with Gasteiger partial charge in [0.15, 0.2) is 0 Å². The lowest BCUT2D eigenvalue weighted by atomic mass is 9.76. The monoisotopic (exact) mass is 478 g/mol. The Hall–Kier alpha value is -3.35. The standard InChI is InChI=1S/C28H34N2O5/c1-18(2)28(26(32)33)14-15-30(17-28)25(31)13-12-19(3)29-27(34)35-16-24-22-10-6-4-8-20(22)21-9-5-7-11-23(21)24/h4-11,18-19,24H,12-17H2,1-3H3,(H,29,34)(H,32,33). The van der Waals surface area contributed by atoms with Gasteiger partial charge in [-0.05, 0) is 47.9 Å². The van der Waals surface area contributed by atoms with Crippen molar-refractivity contribution in [3.8, 4) is 11.1 Å². The first-order chi connectivity index (χ1) is 16.7. The first-order valence-corrected chi connectivity index (χ1v) is 12.4. The van der Waals surface area contributed by atoms with Crippen molar-refractivity contribution in [2.45, 2.75) is 52.0 Å². The quantitative estimate of drug-likeness (QED) is 0.576. The van der Waals surface area contributed by atoms with E-state index in [1.165, 1.54) is 11.1 Å². The number of nitrogens with one attached hydrogen (secondary N) is 1. The fraction of sp³-hybridized carbons (Fsp3) is 0.464. The van der Waals surface area contributed by atoms with Crippen LogP contribution in [-0.2, 0) is 14.3 Å². The molecule has 0 radical (unpaired) electrons. The third kappa shape index (κ3) is 4.90. The zero-order valence-electron chi connectivity index (χ0n) is 20.6. The molecule has 7 nitrogen and oxygen atoms in total. The van der Waals surface area contributed by atoms with Crippen molar-refractivity contribution >= 4 is 18.0 Å². The molecule has 1 aliphatic carbocycles. The summed E-state index contributed by atoms with van der Waals surface area (Å²) in [6.45, 7) is 6.57. The molecule has 4 rings (SSSR count). The highest BCUT2D eigenvalue weighted by Gasteiger charge is 2.48. The van der Waals surface area contributed by atoms with Gasteiger partial charge in [-0.2, -0.15) is 0 Å². The number of carbonyl (C=O) groups excluding carboxylic acids is 2. The molecule has 0 aromatic heterocycles. The first-order valence-electron chi connectivity index (χ1n) is 12.4. The summed E-state index contributed by atoms with van der Waals surface area (Å²) in [5, 5.41) is 12.5. The second-order valence-electron chi connectivity index (χ2n) is 10.1. The van der Waals surface area contributed by atoms with Crippen LogP contribution in [-0.4, -0.2) is 53.7 Å². The minimum Gasteiger partial charge on any atom is -0.481 e. The SMILES string of the molecule is CC(CCC(=O)N1CCC(C(=O)O)(C(C)C)C1)NC(=O)OCC1c2ccccc2-c2ccccc21. The molecule has 2 aliphatic rings. The molecule has 0 saturated carbocycles. The predicted molar refractivity (Wildman–Crippen MR) is 133 cm³/mol. The summed E-state index contributed by atoms with van der Waals surface area (Å²) in [7, 11) is 0. The van der Waals surface area contributed by atoms with Gasteiger partial charge in [0.1, 0.15) is 6.61 Å². The molecule has 1 aliphatic heterocycles. The summed E-state index contributed by atoms with van der Waals surface area (Å²) in [5.41, 5.74) is 3.79. The van der Waals surface area contributed by atoms with Crippen LogP contribution in [0.4, 0.5) is 4.79 Å². The van der Waals surface area contributed by atoms with Gasteiger partial charge in [0.2, 0.25) is 5.91 Å². The maximum Gasteiger partial charge on any atom is 0.407 e. The number of hydrogen-bond acceptors (Lipinski definition) is 4. The zero-order valence-corrected chi connectivity index (χ0v) is 20.6. The number of amides is 2. The van der Waals surface area contributed by atoms with Gasteiger partial charge in [-0.25, -0.2) is 4.79 Å². The second-order valence-corrected chi connectivity index (χ2v) is 10.1. The number of fused-ring (bicyclic) bond motifs is 3. The maximum atomic E-state index is 12.7. The van der Waals surface area contributed by atoms with Gasteiger partial charge in [-0.1, -0.05) is 62.4 Å². The smallest absolute Gasteiger partial charge is 0.407 e. The van der Waals surface area contributed by atoms with Crippen LogP contribution < -0.4 is 5.32 Å². The van der Waals surface area contributed by atoms with Crippen LogP contribution in [0.25, 0.3) is 11.1 Å². The molecule has 0 bridgehead atoms. The molecule has 2 amide bonds. The number of aliphatic carboxylic acids is 1. The van der Waals surface area contributed by atoms with Crippen molar-refractivity contribution in [2.75, 3.05) is 19.7 Å². The van der Waals surface area contributed by atoms with Gasteiger partial charge in [-0.3, -0.25) is 9.59 Å². The Balaban J connectivity index is 1.26. The molecule has 7 heteroatoms. The van der Waals surface area contributed by atoms with Crippen LogP contribution in [0.15, 0.2) is 48.5 Å². The predicted octanol–water partition coefficient (Wildman–Crippen LogP) is 4.65. The third-order valence-corrected chi connectivity index (χ3v) is 7.68. The Morgan fingerprint density at radius 1 is 1.06 bits per heavy atom. The van der Waals surface area contributed by atoms with Crippen LogP contribution in [0.5, 0.6) is 0 Å². The van der Waals surface area contributed by atoms with Crippen LogP contribution in [0.3, 0.4) is 0 Å². The second kappa shape index (κ2) is 10.1. The maximum absolute atomic E-state index is 12.7. The average molecular weight is 479 g/mol. The van der Waals surface area contributed by atoms with Crippen molar-refractivity contribution in [1.29, 1.82) is 0 Å². The number of likely N-dealkylation sites (tertiary alicyclic amines) is 1. The number of hydrogen-bond donors (Lipinski definition) is 2. The van der Waals surface area contributed by atoms with E-state index < -0.39 is 17.5 Å². The van der Waals surface area contributed by atoms with Crippen LogP contribution >= 0.6 is 0 Å². The number of carboxylic acids is 1. The van der Waals surface area contributed by atoms with E-state index in [-0.39, 0.29) is 43.4 Å². The van der Waals surface area contributed by atoms with Gasteiger partial charge in [0.05, 0.1) is 5.41 Å². The van der Waals surface area contributed by atoms with E-state index in [4.69, 9.17) is 4.74 Å². The molecule has 186 valence electrons. The number of carboxylic acid groups (broad SMARTS) is 1. The summed E-state index contributed by atoms with van der Waals surface area (Å²) in [4.78, 5) is 38.6. The van der Waals surface area contributed by atoms with Gasteiger partial charge < -0.3 is 20.1 Å². The van der Waals surface area contributed by atoms with Crippen molar-refractivity contribution < 1.29 is 24.2 Å². The molecule has 2 aromatic carbocycles. The normalized spacial score (nSPS) is 19.8. The van der Waals surface area contributed by atoms with E-state index in [0.29, 0.717) is 19.4 Å². The molecule has 2 atom stereocenters. The Labute approximate surface area is 206 Å². The van der Waals surface area contributed by atoms with Gasteiger partial charge >= 0.3 is 12.1 Å². The Kier molecular flexibility index (Phi) is 7.15. The molecule has 2 unspecified atom stereocenters. The zero-order chi connectivity index (χ0) is 25.2. The molecular weight excluding hydrogens is 444 g/mol. The molecule has 1 saturated heterocycles. The van der Waals surface area contributed by atoms with Gasteiger partial charge in [0, 0.05) is 31.5 Å². The lowest BCUT2D eigenvalue weighted by molar-refractivity contribution is -0.151. The van der Waals surface area contributed by atoms with Gasteiger partial charge in [-0.15, -0.1) is 0 Å². The Morgan fingerprint density at radius 2 is 1.66 bits per heavy atom. The molecule has 1 heterocycles. The summed E-state index contributed by atoms with van der Waals surface area (Å²) < 4.78 is 5.59. The van der Waals surface area contributed by atoms with Crippen molar-refractivity contribution in [1.82, 2.24) is 10.2 Å². The third-order valence-electron chi connectivity index (χ3n) is 7.68. The average Bonchev–Trinajstić information content (AvgIpc) is 3.43. The highest BCUT2D eigenvalue weighted by molar-refractivity contribution is 5.81. The molecular formula is C28H34N2O5. The van der Waals surface area contributed by atoms with Crippen molar-refractivity contribution in [3.05, 3.63) is 59.7 Å². The van der Waals surface area contributed by atoms with Crippen LogP contribution in [0.1, 0.15) is 57.1 Å². The minimum absolute atomic E-state index is 0.00402. The van der Waals surface area contributed by atoms with E-state index in [1.54, 1.807) is 4.90 Å². The number of nitrogens with zero attached hydrogens (tertiary/aromatic N) is 1. The van der Waals surface area contributed by atoms with Gasteiger partial charge in [0.25, 0.3) is 0 Å². The number of benzene rings is 2. The van der Waals surface area contributed by atoms with Crippen molar-refractivity contribution in [2.24, 2.45) is 11.3 Å². The lowest BCUT2D eigenvalue weighted by Crippen LogP contribution is -2.41. The van der Waals surface area contributed by atoms with E-state index >= 15 is 0 Å². The molecule has 2 N–H and O–H groups in total. The molecule has 35 heavy (non-hydrogen) atoms. The number of carbonyl (C=O) groups is 3. The van der Waals surface area contributed by atoms with E-state index in [2.05, 4.69) is 29.6 Å². The van der Waals surface area contributed by atoms with E-state index in [9.17, 15) is 19.5 Å². The fourth-order valence-electron chi connectivity index (χ4n) is 5.35. The largest absolute Gasteiger partial charge is 0.481 e. The highest BCUT2D eigenvalue weighted by atomic mass is 16.5. The fourth-order valence-corrected chi connectivity index (χ4v) is 5.35. The summed E-state index contributed by atoms with van der Waals surface area (Å²) in [6.07, 6.45) is 0.678. The summed E-state index contributed by atoms with van der Waals surface area (Å²) >= 11 is 0. The molecule has 2 aromatic rings. The van der Waals surface area contributed by atoms with Crippen molar-refractivity contribution in [3.63, 3.8) is 0 Å². The Morgan fingerprint density at radius 3 is 2.20 bits per heavy atom. The Bertz CT molecular complexity index is 1070. The van der Waals surface area contributed by atoms with Crippen LogP contribution in [0.2, 0.25) is 0 Å². The lowest BCUT2D eigenvalue weighted by Gasteiger charge is -2.28. The number of alkyl carbamates (subject to hydrolysis) is 1. The molecule has 1 fully saturated rings. The highest BCUT2D eigenvalue weighted by Crippen LogP contribution is 2.44. The number of rotatable bonds is 8. The topological polar surface area (TPSA) is 95.9 Å². The summed E-state index contributed by atoms with van der Waals surface area (Å²) in [6, 6.07) is 16.1. The van der Waals surface area contributed by atoms with Crippen LogP contribution in [0, 0.1) is 11.3 Å². The summed E-state index contributed by atoms with van der Waals surface area (Å²) in [5.74, 6) is -0.967. The molecule has 0 spiro atoms. The minimum atomic E-state index is -0.874. The number of ether oxygens (including phenoxy) is 1. The van der Waals surface area contributed by atoms with E-state index in [0.717, 1.165) is 11.1 Å².